The van der Waals surface area contributed by atoms with Crippen molar-refractivity contribution in [3.63, 3.8) is 0 Å². The number of rotatable bonds is 3. The molecule has 1 saturated heterocycles. The summed E-state index contributed by atoms with van der Waals surface area (Å²) < 4.78 is 43.7. The minimum Gasteiger partial charge on any atom is -0.381 e. The number of halogens is 4. The fourth-order valence-corrected chi connectivity index (χ4v) is 2.65. The zero-order valence-corrected chi connectivity index (χ0v) is 12.9. The summed E-state index contributed by atoms with van der Waals surface area (Å²) in [7, 11) is 0. The Morgan fingerprint density at radius 3 is 2.76 bits per heavy atom. The second kappa shape index (κ2) is 6.36. The van der Waals surface area contributed by atoms with Gasteiger partial charge in [0.25, 0.3) is 5.91 Å². The van der Waals surface area contributed by atoms with Crippen LogP contribution in [0.15, 0.2) is 22.7 Å². The van der Waals surface area contributed by atoms with Gasteiger partial charge in [-0.15, -0.1) is 0 Å². The maximum Gasteiger partial charge on any atom is 0.416 e. The van der Waals surface area contributed by atoms with E-state index in [-0.39, 0.29) is 17.5 Å². The van der Waals surface area contributed by atoms with E-state index in [0.29, 0.717) is 17.7 Å². The van der Waals surface area contributed by atoms with E-state index in [0.717, 1.165) is 18.6 Å². The number of carbonyl (C=O) groups is 1. The Kier molecular flexibility index (Phi) is 4.93. The van der Waals surface area contributed by atoms with Crippen molar-refractivity contribution in [1.29, 1.82) is 0 Å². The number of hydrogen-bond donors (Lipinski definition) is 1. The minimum absolute atomic E-state index is 0.0180. The van der Waals surface area contributed by atoms with Crippen molar-refractivity contribution in [3.05, 3.63) is 33.8 Å². The van der Waals surface area contributed by atoms with E-state index in [4.69, 9.17) is 4.74 Å². The van der Waals surface area contributed by atoms with Gasteiger partial charge in [-0.25, -0.2) is 0 Å². The van der Waals surface area contributed by atoms with Gasteiger partial charge >= 0.3 is 6.18 Å². The van der Waals surface area contributed by atoms with E-state index < -0.39 is 17.6 Å². The highest BCUT2D eigenvalue weighted by molar-refractivity contribution is 9.10. The molecule has 1 aromatic carbocycles. The van der Waals surface area contributed by atoms with Crippen molar-refractivity contribution < 1.29 is 22.7 Å². The number of nitrogens with one attached hydrogen (secondary N) is 1. The van der Waals surface area contributed by atoms with Gasteiger partial charge < -0.3 is 10.1 Å². The molecule has 1 aliphatic rings. The van der Waals surface area contributed by atoms with Gasteiger partial charge in [0.05, 0.1) is 17.7 Å². The zero-order valence-electron chi connectivity index (χ0n) is 11.3. The van der Waals surface area contributed by atoms with Crippen LogP contribution in [0.4, 0.5) is 13.2 Å². The zero-order chi connectivity index (χ0) is 15.6. The largest absolute Gasteiger partial charge is 0.416 e. The van der Waals surface area contributed by atoms with Crippen LogP contribution in [0.3, 0.4) is 0 Å². The lowest BCUT2D eigenvalue weighted by Crippen LogP contribution is -2.38. The molecule has 2 rings (SSSR count). The van der Waals surface area contributed by atoms with E-state index in [1.165, 1.54) is 6.07 Å². The molecule has 0 aromatic heterocycles. The number of hydrogen-bond acceptors (Lipinski definition) is 2. The molecule has 116 valence electrons. The normalized spacial score (nSPS) is 20.3. The molecule has 2 atom stereocenters. The van der Waals surface area contributed by atoms with Gasteiger partial charge in [-0.2, -0.15) is 13.2 Å². The van der Waals surface area contributed by atoms with Crippen molar-refractivity contribution in [3.8, 4) is 0 Å². The first-order valence-electron chi connectivity index (χ1n) is 6.54. The standard InChI is InChI=1S/C14H15BrF3NO2/c1-8(9-4-5-21-7-9)19-13(20)11-6-10(14(16,17)18)2-3-12(11)15/h2-3,6,8-9H,4-5,7H2,1H3,(H,19,20). The van der Waals surface area contributed by atoms with Gasteiger partial charge in [0.15, 0.2) is 0 Å². The number of amides is 1. The lowest BCUT2D eigenvalue weighted by atomic mass is 10.00. The second-order valence-electron chi connectivity index (χ2n) is 5.08. The van der Waals surface area contributed by atoms with Gasteiger partial charge in [0, 0.05) is 23.0 Å². The average molecular weight is 366 g/mol. The third-order valence-electron chi connectivity index (χ3n) is 3.57. The molecule has 0 radical (unpaired) electrons. The highest BCUT2D eigenvalue weighted by Crippen LogP contribution is 2.32. The van der Waals surface area contributed by atoms with Gasteiger partial charge in [-0.1, -0.05) is 0 Å². The van der Waals surface area contributed by atoms with Crippen LogP contribution in [0.2, 0.25) is 0 Å². The molecular weight excluding hydrogens is 351 g/mol. The molecule has 7 heteroatoms. The molecule has 0 saturated carbocycles. The summed E-state index contributed by atoms with van der Waals surface area (Å²) in [5, 5.41) is 2.74. The molecule has 21 heavy (non-hydrogen) atoms. The smallest absolute Gasteiger partial charge is 0.381 e. The van der Waals surface area contributed by atoms with Crippen molar-refractivity contribution in [2.45, 2.75) is 25.6 Å². The lowest BCUT2D eigenvalue weighted by Gasteiger charge is -2.20. The molecule has 0 aliphatic carbocycles. The number of ether oxygens (including phenoxy) is 1. The van der Waals surface area contributed by atoms with Gasteiger partial charge in [-0.3, -0.25) is 4.79 Å². The van der Waals surface area contributed by atoms with Gasteiger partial charge in [0.1, 0.15) is 0 Å². The molecule has 3 nitrogen and oxygen atoms in total. The Morgan fingerprint density at radius 2 is 2.19 bits per heavy atom. The monoisotopic (exact) mass is 365 g/mol. The van der Waals surface area contributed by atoms with Crippen LogP contribution in [-0.4, -0.2) is 25.2 Å². The predicted octanol–water partition coefficient (Wildman–Crippen LogP) is 3.62. The van der Waals surface area contributed by atoms with E-state index in [1.54, 1.807) is 0 Å². The molecule has 0 bridgehead atoms. The second-order valence-corrected chi connectivity index (χ2v) is 5.93. The van der Waals surface area contributed by atoms with Crippen molar-refractivity contribution >= 4 is 21.8 Å². The van der Waals surface area contributed by atoms with E-state index >= 15 is 0 Å². The fourth-order valence-electron chi connectivity index (χ4n) is 2.23. The van der Waals surface area contributed by atoms with Crippen molar-refractivity contribution in [1.82, 2.24) is 5.32 Å². The molecule has 1 fully saturated rings. The van der Waals surface area contributed by atoms with Crippen LogP contribution in [0, 0.1) is 5.92 Å². The van der Waals surface area contributed by atoms with E-state index in [9.17, 15) is 18.0 Å². The minimum atomic E-state index is -4.47. The van der Waals surface area contributed by atoms with Crippen LogP contribution in [0.5, 0.6) is 0 Å². The summed E-state index contributed by atoms with van der Waals surface area (Å²) in [5.41, 5.74) is -0.858. The van der Waals surface area contributed by atoms with Crippen LogP contribution < -0.4 is 5.32 Å². The molecule has 2 unspecified atom stereocenters. The Bertz CT molecular complexity index is 527. The lowest BCUT2D eigenvalue weighted by molar-refractivity contribution is -0.137. The molecule has 1 aromatic rings. The Labute approximate surface area is 129 Å². The molecule has 1 amide bonds. The van der Waals surface area contributed by atoms with Crippen LogP contribution in [0.1, 0.15) is 29.3 Å². The van der Waals surface area contributed by atoms with E-state index in [2.05, 4.69) is 21.2 Å². The third kappa shape index (κ3) is 3.97. The van der Waals surface area contributed by atoms with Crippen LogP contribution in [0.25, 0.3) is 0 Å². The first kappa shape index (κ1) is 16.3. The molecule has 1 N–H and O–H groups in total. The summed E-state index contributed by atoms with van der Waals surface area (Å²) in [6, 6.07) is 2.88. The highest BCUT2D eigenvalue weighted by Gasteiger charge is 2.32. The van der Waals surface area contributed by atoms with E-state index in [1.807, 2.05) is 6.92 Å². The summed E-state index contributed by atoms with van der Waals surface area (Å²) in [6.07, 6.45) is -3.63. The molecular formula is C14H15BrF3NO2. The highest BCUT2D eigenvalue weighted by atomic mass is 79.9. The molecule has 1 heterocycles. The van der Waals surface area contributed by atoms with Gasteiger partial charge in [0.2, 0.25) is 0 Å². The summed E-state index contributed by atoms with van der Waals surface area (Å²) in [5.74, 6) is -0.328. The molecule has 1 aliphatic heterocycles. The van der Waals surface area contributed by atoms with Crippen LogP contribution >= 0.6 is 15.9 Å². The first-order chi connectivity index (χ1) is 9.79. The van der Waals surface area contributed by atoms with Crippen molar-refractivity contribution in [2.24, 2.45) is 5.92 Å². The van der Waals surface area contributed by atoms with Crippen molar-refractivity contribution in [2.75, 3.05) is 13.2 Å². The number of carbonyl (C=O) groups excluding carboxylic acids is 1. The summed E-state index contributed by atoms with van der Waals surface area (Å²) >= 11 is 3.12. The quantitative estimate of drug-likeness (QED) is 0.888. The SMILES string of the molecule is CC(NC(=O)c1cc(C(F)(F)F)ccc1Br)C1CCOC1. The number of benzene rings is 1. The van der Waals surface area contributed by atoms with Gasteiger partial charge in [-0.05, 0) is 47.5 Å². The predicted molar refractivity (Wildman–Crippen MR) is 75.0 cm³/mol. The fraction of sp³-hybridized carbons (Fsp3) is 0.500. The Hall–Kier alpha value is -1.08. The maximum atomic E-state index is 12.7. The summed E-state index contributed by atoms with van der Waals surface area (Å²) in [6.45, 7) is 3.04. The topological polar surface area (TPSA) is 38.3 Å². The first-order valence-corrected chi connectivity index (χ1v) is 7.33. The average Bonchev–Trinajstić information content (AvgIpc) is 2.91. The summed E-state index contributed by atoms with van der Waals surface area (Å²) in [4.78, 5) is 12.2. The third-order valence-corrected chi connectivity index (χ3v) is 4.26. The Balaban J connectivity index is 2.14. The molecule has 0 spiro atoms. The number of alkyl halides is 3. The Morgan fingerprint density at radius 1 is 1.48 bits per heavy atom. The maximum absolute atomic E-state index is 12.7. The van der Waals surface area contributed by atoms with Crippen LogP contribution in [-0.2, 0) is 10.9 Å².